The number of nitro benzene ring substituents is 1. The first kappa shape index (κ1) is 13.9. The third-order valence-electron chi connectivity index (χ3n) is 3.04. The maximum Gasteiger partial charge on any atom is 0.272 e. The van der Waals surface area contributed by atoms with Gasteiger partial charge in [-0.3, -0.25) is 14.9 Å². The molecule has 19 heavy (non-hydrogen) atoms. The van der Waals surface area contributed by atoms with Gasteiger partial charge in [0.25, 0.3) is 11.6 Å². The average molecular weight is 331 g/mol. The lowest BCUT2D eigenvalue weighted by Gasteiger charge is -2.30. The van der Waals surface area contributed by atoms with Crippen molar-refractivity contribution in [1.82, 2.24) is 4.90 Å². The van der Waals surface area contributed by atoms with E-state index in [-0.39, 0.29) is 16.1 Å². The van der Waals surface area contributed by atoms with E-state index in [9.17, 15) is 19.3 Å². The van der Waals surface area contributed by atoms with Gasteiger partial charge < -0.3 is 4.90 Å². The average Bonchev–Trinajstić information content (AvgIpc) is 2.37. The van der Waals surface area contributed by atoms with Crippen LogP contribution in [-0.4, -0.2) is 33.6 Å². The Labute approximate surface area is 117 Å². The lowest BCUT2D eigenvalue weighted by Crippen LogP contribution is -2.40. The van der Waals surface area contributed by atoms with Gasteiger partial charge in [-0.15, -0.1) is 0 Å². The molecule has 1 amide bonds. The fourth-order valence-corrected chi connectivity index (χ4v) is 2.74. The number of hydrogen-bond donors (Lipinski definition) is 0. The van der Waals surface area contributed by atoms with Gasteiger partial charge in [0.05, 0.1) is 16.6 Å². The number of halogens is 2. The lowest BCUT2D eigenvalue weighted by atomic mass is 10.1. The van der Waals surface area contributed by atoms with Crippen LogP contribution >= 0.6 is 15.9 Å². The Kier molecular flexibility index (Phi) is 4.14. The molecule has 0 aromatic heterocycles. The molecule has 2 rings (SSSR count). The molecule has 1 unspecified atom stereocenters. The minimum atomic E-state index is -0.851. The number of carbonyl (C=O) groups excluding carboxylic acids is 1. The van der Waals surface area contributed by atoms with Gasteiger partial charge in [0.1, 0.15) is 5.82 Å². The number of benzene rings is 1. The number of non-ortho nitro benzene ring substituents is 1. The predicted octanol–water partition coefficient (Wildman–Crippen LogP) is 2.73. The van der Waals surface area contributed by atoms with Crippen LogP contribution in [0, 0.1) is 15.9 Å². The summed E-state index contributed by atoms with van der Waals surface area (Å²) < 4.78 is 13.7. The van der Waals surface area contributed by atoms with Gasteiger partial charge in [0.15, 0.2) is 0 Å². The summed E-state index contributed by atoms with van der Waals surface area (Å²) in [5.41, 5.74) is -0.474. The van der Waals surface area contributed by atoms with Crippen LogP contribution < -0.4 is 0 Å². The third-order valence-corrected chi connectivity index (χ3v) is 3.79. The number of nitro groups is 1. The summed E-state index contributed by atoms with van der Waals surface area (Å²) in [6.45, 7) is 1.10. The zero-order chi connectivity index (χ0) is 14.0. The molecule has 0 spiro atoms. The highest BCUT2D eigenvalue weighted by Crippen LogP contribution is 2.22. The highest BCUT2D eigenvalue weighted by Gasteiger charge is 2.25. The van der Waals surface area contributed by atoms with Crippen molar-refractivity contribution < 1.29 is 14.1 Å². The van der Waals surface area contributed by atoms with E-state index < -0.39 is 16.6 Å². The van der Waals surface area contributed by atoms with Gasteiger partial charge in [0, 0.05) is 24.0 Å². The van der Waals surface area contributed by atoms with E-state index in [1.54, 1.807) is 4.90 Å². The van der Waals surface area contributed by atoms with Crippen LogP contribution in [-0.2, 0) is 0 Å². The van der Waals surface area contributed by atoms with Gasteiger partial charge >= 0.3 is 0 Å². The first-order chi connectivity index (χ1) is 8.99. The molecule has 0 bridgehead atoms. The highest BCUT2D eigenvalue weighted by atomic mass is 79.9. The predicted molar refractivity (Wildman–Crippen MR) is 70.9 cm³/mol. The van der Waals surface area contributed by atoms with Crippen molar-refractivity contribution in [2.24, 2.45) is 0 Å². The molecule has 1 aliphatic heterocycles. The molecule has 7 heteroatoms. The summed E-state index contributed by atoms with van der Waals surface area (Å²) in [5.74, 6) is -1.27. The summed E-state index contributed by atoms with van der Waals surface area (Å²) in [4.78, 5) is 23.7. The monoisotopic (exact) mass is 330 g/mol. The summed E-state index contributed by atoms with van der Waals surface area (Å²) in [6, 6.07) is 3.10. The number of likely N-dealkylation sites (tertiary alicyclic amines) is 1. The smallest absolute Gasteiger partial charge is 0.272 e. The van der Waals surface area contributed by atoms with Crippen molar-refractivity contribution in [2.45, 2.75) is 17.7 Å². The van der Waals surface area contributed by atoms with Crippen molar-refractivity contribution in [3.8, 4) is 0 Å². The Morgan fingerprint density at radius 2 is 2.26 bits per heavy atom. The van der Waals surface area contributed by atoms with Crippen LogP contribution in [0.2, 0.25) is 0 Å². The molecule has 1 saturated heterocycles. The van der Waals surface area contributed by atoms with E-state index in [4.69, 9.17) is 0 Å². The number of alkyl halides is 1. The first-order valence-corrected chi connectivity index (χ1v) is 6.78. The Morgan fingerprint density at radius 1 is 1.53 bits per heavy atom. The second-order valence-corrected chi connectivity index (χ2v) is 5.71. The van der Waals surface area contributed by atoms with Crippen molar-refractivity contribution in [3.63, 3.8) is 0 Å². The molecule has 102 valence electrons. The largest absolute Gasteiger partial charge is 0.337 e. The fraction of sp³-hybridized carbons (Fsp3) is 0.417. The van der Waals surface area contributed by atoms with E-state index in [0.29, 0.717) is 13.1 Å². The van der Waals surface area contributed by atoms with Crippen molar-refractivity contribution >= 4 is 27.5 Å². The Balaban J connectivity index is 2.21. The molecule has 1 aromatic carbocycles. The zero-order valence-corrected chi connectivity index (χ0v) is 11.6. The SMILES string of the molecule is O=C(c1ccc([N+](=O)[O-])cc1F)N1CCCC(Br)C1. The minimum absolute atomic E-state index is 0.118. The summed E-state index contributed by atoms with van der Waals surface area (Å²) in [5, 5.41) is 10.5. The molecule has 1 aliphatic rings. The molecule has 5 nitrogen and oxygen atoms in total. The van der Waals surface area contributed by atoms with Gasteiger partial charge in [0.2, 0.25) is 0 Å². The van der Waals surface area contributed by atoms with Crippen molar-refractivity contribution in [2.75, 3.05) is 13.1 Å². The number of nitrogens with zero attached hydrogens (tertiary/aromatic N) is 2. The normalized spacial score (nSPS) is 19.3. The van der Waals surface area contributed by atoms with Crippen LogP contribution in [0.5, 0.6) is 0 Å². The third kappa shape index (κ3) is 3.09. The second-order valence-electron chi connectivity index (χ2n) is 4.41. The number of piperidine rings is 1. The Hall–Kier alpha value is -1.50. The molecule has 1 fully saturated rings. The Bertz CT molecular complexity index is 524. The first-order valence-electron chi connectivity index (χ1n) is 5.86. The summed E-state index contributed by atoms with van der Waals surface area (Å²) >= 11 is 3.44. The quantitative estimate of drug-likeness (QED) is 0.476. The van der Waals surface area contributed by atoms with Gasteiger partial charge in [-0.25, -0.2) is 4.39 Å². The number of rotatable bonds is 2. The highest BCUT2D eigenvalue weighted by molar-refractivity contribution is 9.09. The molecule has 0 saturated carbocycles. The molecule has 0 radical (unpaired) electrons. The Morgan fingerprint density at radius 3 is 2.84 bits per heavy atom. The van der Waals surface area contributed by atoms with Gasteiger partial charge in [-0.1, -0.05) is 15.9 Å². The van der Waals surface area contributed by atoms with E-state index in [1.165, 1.54) is 6.07 Å². The van der Waals surface area contributed by atoms with Crippen molar-refractivity contribution in [3.05, 3.63) is 39.7 Å². The van der Waals surface area contributed by atoms with Crippen LogP contribution in [0.3, 0.4) is 0 Å². The molecule has 1 aromatic rings. The molecule has 0 N–H and O–H groups in total. The summed E-state index contributed by atoms with van der Waals surface area (Å²) in [6.07, 6.45) is 1.84. The van der Waals surface area contributed by atoms with Gasteiger partial charge in [-0.05, 0) is 18.9 Å². The molecule has 1 atom stereocenters. The second kappa shape index (κ2) is 5.64. The van der Waals surface area contributed by atoms with Crippen LogP contribution in [0.15, 0.2) is 18.2 Å². The zero-order valence-electron chi connectivity index (χ0n) is 10.0. The summed E-state index contributed by atoms with van der Waals surface area (Å²) in [7, 11) is 0. The minimum Gasteiger partial charge on any atom is -0.337 e. The van der Waals surface area contributed by atoms with Crippen LogP contribution in [0.1, 0.15) is 23.2 Å². The maximum absolute atomic E-state index is 13.7. The molecule has 1 heterocycles. The molecular weight excluding hydrogens is 319 g/mol. The van der Waals surface area contributed by atoms with Gasteiger partial charge in [-0.2, -0.15) is 0 Å². The van der Waals surface area contributed by atoms with E-state index in [1.807, 2.05) is 0 Å². The molecule has 0 aliphatic carbocycles. The maximum atomic E-state index is 13.7. The van der Waals surface area contributed by atoms with E-state index >= 15 is 0 Å². The standard InChI is InChI=1S/C12H12BrFN2O3/c13-8-2-1-5-15(7-8)12(17)10-4-3-9(16(18)19)6-11(10)14/h3-4,6,8H,1-2,5,7H2. The van der Waals surface area contributed by atoms with Crippen LogP contribution in [0.25, 0.3) is 0 Å². The number of hydrogen-bond acceptors (Lipinski definition) is 3. The fourth-order valence-electron chi connectivity index (χ4n) is 2.07. The lowest BCUT2D eigenvalue weighted by molar-refractivity contribution is -0.385. The topological polar surface area (TPSA) is 63.4 Å². The number of amides is 1. The van der Waals surface area contributed by atoms with Crippen molar-refractivity contribution in [1.29, 1.82) is 0 Å². The van der Waals surface area contributed by atoms with E-state index in [0.717, 1.165) is 25.0 Å². The number of carbonyl (C=O) groups is 1. The molecular formula is C12H12BrFN2O3. The van der Waals surface area contributed by atoms with Crippen LogP contribution in [0.4, 0.5) is 10.1 Å². The van der Waals surface area contributed by atoms with E-state index in [2.05, 4.69) is 15.9 Å².